The van der Waals surface area contributed by atoms with Gasteiger partial charge < -0.3 is 32.1 Å². The molecule has 2 saturated heterocycles. The van der Waals surface area contributed by atoms with E-state index in [1.54, 1.807) is 0 Å². The van der Waals surface area contributed by atoms with E-state index in [2.05, 4.69) is 10.6 Å². The number of carboxylic acids is 1. The number of nitrogens with one attached hydrogen (secondary N) is 2. The van der Waals surface area contributed by atoms with Crippen LogP contribution in [-0.2, 0) is 36.8 Å². The molecule has 2 bridgehead atoms. The Morgan fingerprint density at radius 1 is 0.824 bits per heavy atom. The summed E-state index contributed by atoms with van der Waals surface area (Å²) >= 11 is 0. The lowest BCUT2D eigenvalue weighted by Crippen LogP contribution is -2.61. The van der Waals surface area contributed by atoms with E-state index in [1.807, 2.05) is 70.5 Å². The molecule has 5 rings (SSSR count). The molecular formula is C39H54N6O6. The molecule has 276 valence electrons. The number of carbonyl (C=O) groups excluding carboxylic acids is 4. The highest BCUT2D eigenvalue weighted by atomic mass is 16.4. The van der Waals surface area contributed by atoms with Gasteiger partial charge in [0, 0.05) is 31.6 Å². The number of unbranched alkanes of at least 4 members (excludes halogenated alkanes) is 1. The van der Waals surface area contributed by atoms with E-state index < -0.39 is 35.4 Å². The molecular weight excluding hydrogens is 648 g/mol. The number of hydrogen-bond donors (Lipinski definition) is 5. The number of aliphatic carboxylic acids is 1. The maximum Gasteiger partial charge on any atom is 0.317 e. The number of hydrogen-bond acceptors (Lipinski definition) is 8. The second-order valence-electron chi connectivity index (χ2n) is 14.7. The molecule has 2 aromatic rings. The Kier molecular flexibility index (Phi) is 13.4. The third kappa shape index (κ3) is 10.0. The molecule has 12 nitrogen and oxygen atoms in total. The standard InChI is InChI=1S/C39H54N6O6/c40-20-10-7-15-32(37(50)45-29-16-17-30(45)25-44(24-29)26-35(47)48)43-38(51)39(18-8-9-19-39)23-34(46)33(22-28-13-5-2-6-14-28)42-36(49)31(41)21-27-11-3-1-4-12-27/h1-6,11-14,29-33H,7-10,15-26,40-41H2,(H,42,49)(H,43,51)(H,47,48). The van der Waals surface area contributed by atoms with Gasteiger partial charge in [-0.15, -0.1) is 0 Å². The molecule has 51 heavy (non-hydrogen) atoms. The number of Topliss-reactive ketones (excluding diaryl/α,β-unsaturated/α-hetero) is 1. The van der Waals surface area contributed by atoms with Crippen LogP contribution in [0.1, 0.15) is 75.3 Å². The van der Waals surface area contributed by atoms with Gasteiger partial charge in [0.25, 0.3) is 0 Å². The quantitative estimate of drug-likeness (QED) is 0.145. The Hall–Kier alpha value is -4.13. The van der Waals surface area contributed by atoms with Crippen molar-refractivity contribution in [3.8, 4) is 0 Å². The maximum absolute atomic E-state index is 14.4. The highest BCUT2D eigenvalue weighted by Crippen LogP contribution is 2.42. The minimum Gasteiger partial charge on any atom is -0.480 e. The van der Waals surface area contributed by atoms with Crippen LogP contribution < -0.4 is 22.1 Å². The van der Waals surface area contributed by atoms with E-state index in [0.717, 1.165) is 36.8 Å². The van der Waals surface area contributed by atoms with Crippen molar-refractivity contribution >= 4 is 29.5 Å². The second-order valence-corrected chi connectivity index (χ2v) is 14.7. The van der Waals surface area contributed by atoms with Crippen molar-refractivity contribution in [3.63, 3.8) is 0 Å². The molecule has 0 radical (unpaired) electrons. The Labute approximate surface area is 300 Å². The SMILES string of the molecule is NCCCCC(NC(=O)C1(CC(=O)C(Cc2ccccc2)NC(=O)C(N)Cc2ccccc2)CCCC1)C(=O)N1C2CCC1CN(CC(=O)O)C2. The first kappa shape index (κ1) is 38.1. The summed E-state index contributed by atoms with van der Waals surface area (Å²) in [4.78, 5) is 71.3. The van der Waals surface area contributed by atoms with E-state index in [1.165, 1.54) is 0 Å². The summed E-state index contributed by atoms with van der Waals surface area (Å²) in [5.74, 6) is -2.01. The number of carbonyl (C=O) groups is 5. The number of rotatable bonds is 18. The normalized spacial score (nSPS) is 21.4. The second kappa shape index (κ2) is 17.9. The van der Waals surface area contributed by atoms with Crippen LogP contribution in [0.3, 0.4) is 0 Å². The molecule has 1 saturated carbocycles. The largest absolute Gasteiger partial charge is 0.480 e. The minimum absolute atomic E-state index is 0.0621. The molecule has 1 aliphatic carbocycles. The summed E-state index contributed by atoms with van der Waals surface area (Å²) < 4.78 is 0. The molecule has 5 atom stereocenters. The van der Waals surface area contributed by atoms with Crippen LogP contribution in [0.2, 0.25) is 0 Å². The highest BCUT2D eigenvalue weighted by molar-refractivity contribution is 5.97. The van der Waals surface area contributed by atoms with E-state index in [0.29, 0.717) is 58.2 Å². The summed E-state index contributed by atoms with van der Waals surface area (Å²) in [5, 5.41) is 15.4. The van der Waals surface area contributed by atoms with Crippen molar-refractivity contribution in [2.24, 2.45) is 16.9 Å². The van der Waals surface area contributed by atoms with Crippen LogP contribution in [0.15, 0.2) is 60.7 Å². The van der Waals surface area contributed by atoms with E-state index in [9.17, 15) is 29.1 Å². The number of amides is 3. The number of likely N-dealkylation sites (tertiary alicyclic amines) is 1. The number of fused-ring (bicyclic) bond motifs is 2. The van der Waals surface area contributed by atoms with Gasteiger partial charge in [0.15, 0.2) is 5.78 Å². The van der Waals surface area contributed by atoms with Crippen molar-refractivity contribution < 1.29 is 29.1 Å². The summed E-state index contributed by atoms with van der Waals surface area (Å²) in [5.41, 5.74) is 12.9. The Morgan fingerprint density at radius 3 is 1.98 bits per heavy atom. The summed E-state index contributed by atoms with van der Waals surface area (Å²) in [6.45, 7) is 1.38. The smallest absolute Gasteiger partial charge is 0.317 e. The fourth-order valence-corrected chi connectivity index (χ4v) is 8.24. The average molecular weight is 703 g/mol. The lowest BCUT2D eigenvalue weighted by molar-refractivity contribution is -0.146. The van der Waals surface area contributed by atoms with Crippen LogP contribution in [0, 0.1) is 5.41 Å². The van der Waals surface area contributed by atoms with E-state index in [4.69, 9.17) is 11.5 Å². The van der Waals surface area contributed by atoms with Crippen molar-refractivity contribution in [2.45, 2.75) is 107 Å². The molecule has 7 N–H and O–H groups in total. The van der Waals surface area contributed by atoms with Gasteiger partial charge in [-0.05, 0) is 75.5 Å². The molecule has 0 spiro atoms. The first-order chi connectivity index (χ1) is 24.6. The lowest BCUT2D eigenvalue weighted by atomic mass is 9.78. The fraction of sp³-hybridized carbons (Fsp3) is 0.564. The summed E-state index contributed by atoms with van der Waals surface area (Å²) in [6, 6.07) is 16.2. The monoisotopic (exact) mass is 702 g/mol. The molecule has 5 unspecified atom stereocenters. The zero-order valence-electron chi connectivity index (χ0n) is 29.5. The zero-order valence-corrected chi connectivity index (χ0v) is 29.5. The van der Waals surface area contributed by atoms with Gasteiger partial charge in [0.1, 0.15) is 6.04 Å². The van der Waals surface area contributed by atoms with Gasteiger partial charge in [0.05, 0.1) is 24.0 Å². The van der Waals surface area contributed by atoms with Crippen molar-refractivity contribution in [2.75, 3.05) is 26.2 Å². The van der Waals surface area contributed by atoms with Crippen molar-refractivity contribution in [1.82, 2.24) is 20.4 Å². The predicted octanol–water partition coefficient (Wildman–Crippen LogP) is 2.18. The predicted molar refractivity (Wildman–Crippen MR) is 193 cm³/mol. The summed E-state index contributed by atoms with van der Waals surface area (Å²) in [7, 11) is 0. The molecule has 12 heteroatoms. The summed E-state index contributed by atoms with van der Waals surface area (Å²) in [6.07, 6.45) is 6.45. The number of nitrogens with two attached hydrogens (primary N) is 2. The topological polar surface area (TPSA) is 188 Å². The maximum atomic E-state index is 14.4. The lowest BCUT2D eigenvalue weighted by Gasteiger charge is -2.42. The third-order valence-electron chi connectivity index (χ3n) is 10.9. The number of ketones is 1. The molecule has 2 heterocycles. The average Bonchev–Trinajstić information content (AvgIpc) is 3.70. The van der Waals surface area contributed by atoms with Gasteiger partial charge >= 0.3 is 5.97 Å². The van der Waals surface area contributed by atoms with E-state index in [-0.39, 0.29) is 49.1 Å². The van der Waals surface area contributed by atoms with Gasteiger partial charge in [-0.2, -0.15) is 0 Å². The first-order valence-corrected chi connectivity index (χ1v) is 18.5. The molecule has 3 fully saturated rings. The van der Waals surface area contributed by atoms with Crippen LogP contribution in [0.5, 0.6) is 0 Å². The molecule has 2 aliphatic heterocycles. The van der Waals surface area contributed by atoms with Crippen LogP contribution in [-0.4, -0.2) is 101 Å². The zero-order chi connectivity index (χ0) is 36.4. The van der Waals surface area contributed by atoms with Gasteiger partial charge in [0.2, 0.25) is 17.7 Å². The Morgan fingerprint density at radius 2 is 1.41 bits per heavy atom. The van der Waals surface area contributed by atoms with Crippen LogP contribution >= 0.6 is 0 Å². The van der Waals surface area contributed by atoms with Gasteiger partial charge in [-0.3, -0.25) is 28.9 Å². The molecule has 2 aromatic carbocycles. The third-order valence-corrected chi connectivity index (χ3v) is 10.9. The van der Waals surface area contributed by atoms with Crippen LogP contribution in [0.4, 0.5) is 0 Å². The number of benzene rings is 2. The van der Waals surface area contributed by atoms with Gasteiger partial charge in [-0.25, -0.2) is 0 Å². The number of piperazine rings is 1. The number of carboxylic acid groups (broad SMARTS) is 1. The Bertz CT molecular complexity index is 1490. The molecule has 0 aromatic heterocycles. The van der Waals surface area contributed by atoms with E-state index >= 15 is 0 Å². The van der Waals surface area contributed by atoms with Crippen molar-refractivity contribution in [1.29, 1.82) is 0 Å². The highest BCUT2D eigenvalue weighted by Gasteiger charge is 2.48. The first-order valence-electron chi connectivity index (χ1n) is 18.5. The fourth-order valence-electron chi connectivity index (χ4n) is 8.24. The van der Waals surface area contributed by atoms with Gasteiger partial charge in [-0.1, -0.05) is 73.5 Å². The molecule has 3 amide bonds. The Balaban J connectivity index is 1.31. The molecule has 3 aliphatic rings. The number of nitrogens with zero attached hydrogens (tertiary/aromatic N) is 2. The van der Waals surface area contributed by atoms with Crippen LogP contribution in [0.25, 0.3) is 0 Å². The minimum atomic E-state index is -1.01. The van der Waals surface area contributed by atoms with Crippen molar-refractivity contribution in [3.05, 3.63) is 71.8 Å².